The maximum Gasteiger partial charge on any atom is 0.251 e. The van der Waals surface area contributed by atoms with E-state index in [0.29, 0.717) is 12.1 Å². The Kier molecular flexibility index (Phi) is 6.83. The van der Waals surface area contributed by atoms with Crippen LogP contribution >= 0.6 is 0 Å². The summed E-state index contributed by atoms with van der Waals surface area (Å²) >= 11 is 0. The van der Waals surface area contributed by atoms with E-state index in [-0.39, 0.29) is 17.3 Å². The van der Waals surface area contributed by atoms with Crippen LogP contribution in [-0.4, -0.2) is 45.4 Å². The zero-order chi connectivity index (χ0) is 20.0. The van der Waals surface area contributed by atoms with Crippen LogP contribution in [0.4, 0.5) is 0 Å². The molecule has 1 fully saturated rings. The molecule has 2 N–H and O–H groups in total. The number of rotatable bonds is 8. The third kappa shape index (κ3) is 5.64. The molecule has 1 amide bonds. The Morgan fingerprint density at radius 1 is 1.00 bits per heavy atom. The minimum absolute atomic E-state index is 0.106. The first-order valence-electron chi connectivity index (χ1n) is 9.60. The van der Waals surface area contributed by atoms with Gasteiger partial charge in [-0.1, -0.05) is 29.8 Å². The highest BCUT2D eigenvalue weighted by atomic mass is 32.2. The summed E-state index contributed by atoms with van der Waals surface area (Å²) in [6.45, 7) is 5.83. The van der Waals surface area contributed by atoms with Crippen molar-refractivity contribution in [3.8, 4) is 0 Å². The molecule has 0 bridgehead atoms. The van der Waals surface area contributed by atoms with E-state index in [1.54, 1.807) is 48.5 Å². The Morgan fingerprint density at radius 2 is 1.64 bits per heavy atom. The minimum atomic E-state index is -3.56. The minimum Gasteiger partial charge on any atom is -0.351 e. The van der Waals surface area contributed by atoms with Gasteiger partial charge in [0.05, 0.1) is 4.90 Å². The molecule has 1 aliphatic rings. The van der Waals surface area contributed by atoms with E-state index >= 15 is 0 Å². The van der Waals surface area contributed by atoms with E-state index in [4.69, 9.17) is 0 Å². The van der Waals surface area contributed by atoms with E-state index in [2.05, 4.69) is 14.9 Å². The van der Waals surface area contributed by atoms with Gasteiger partial charge < -0.3 is 10.2 Å². The van der Waals surface area contributed by atoms with Crippen LogP contribution < -0.4 is 10.0 Å². The first kappa shape index (κ1) is 20.5. The van der Waals surface area contributed by atoms with Crippen molar-refractivity contribution in [2.75, 3.05) is 26.2 Å². The molecule has 150 valence electrons. The molecule has 2 aromatic carbocycles. The first-order chi connectivity index (χ1) is 13.4. The summed E-state index contributed by atoms with van der Waals surface area (Å²) in [4.78, 5) is 14.8. The number of hydrogen-bond donors (Lipinski definition) is 2. The van der Waals surface area contributed by atoms with Crippen molar-refractivity contribution >= 4 is 15.9 Å². The molecular weight excluding hydrogens is 374 g/mol. The topological polar surface area (TPSA) is 78.5 Å². The van der Waals surface area contributed by atoms with Crippen molar-refractivity contribution in [1.82, 2.24) is 14.9 Å². The molecule has 28 heavy (non-hydrogen) atoms. The van der Waals surface area contributed by atoms with Crippen molar-refractivity contribution in [1.29, 1.82) is 0 Å². The fourth-order valence-electron chi connectivity index (χ4n) is 3.19. The van der Waals surface area contributed by atoms with Crippen molar-refractivity contribution in [2.24, 2.45) is 0 Å². The van der Waals surface area contributed by atoms with Crippen molar-refractivity contribution in [2.45, 2.75) is 31.2 Å². The smallest absolute Gasteiger partial charge is 0.251 e. The van der Waals surface area contributed by atoms with E-state index in [9.17, 15) is 13.2 Å². The Bertz CT molecular complexity index is 887. The van der Waals surface area contributed by atoms with Gasteiger partial charge in [0.2, 0.25) is 10.0 Å². The van der Waals surface area contributed by atoms with Gasteiger partial charge in [0.1, 0.15) is 0 Å². The average molecular weight is 402 g/mol. The number of aryl methyl sites for hydroxylation is 1. The lowest BCUT2D eigenvalue weighted by Gasteiger charge is -2.14. The van der Waals surface area contributed by atoms with Crippen molar-refractivity contribution in [3.05, 3.63) is 65.2 Å². The predicted molar refractivity (Wildman–Crippen MR) is 110 cm³/mol. The molecule has 0 atom stereocenters. The molecule has 3 rings (SSSR count). The van der Waals surface area contributed by atoms with Crippen LogP contribution in [0.1, 0.15) is 34.3 Å². The molecule has 0 aliphatic carbocycles. The number of nitrogens with one attached hydrogen (secondary N) is 2. The lowest BCUT2D eigenvalue weighted by atomic mass is 10.1. The highest BCUT2D eigenvalue weighted by molar-refractivity contribution is 7.89. The Balaban J connectivity index is 1.49. The third-order valence-electron chi connectivity index (χ3n) is 4.93. The molecule has 7 heteroatoms. The Morgan fingerprint density at radius 3 is 2.29 bits per heavy atom. The highest BCUT2D eigenvalue weighted by Gasteiger charge is 2.14. The van der Waals surface area contributed by atoms with Gasteiger partial charge >= 0.3 is 0 Å². The van der Waals surface area contributed by atoms with Crippen molar-refractivity contribution in [3.63, 3.8) is 0 Å². The molecule has 6 nitrogen and oxygen atoms in total. The van der Waals surface area contributed by atoms with Gasteiger partial charge in [0, 0.05) is 25.2 Å². The summed E-state index contributed by atoms with van der Waals surface area (Å²) in [7, 11) is -3.56. The Labute approximate surface area is 167 Å². The predicted octanol–water partition coefficient (Wildman–Crippen LogP) is 2.30. The summed E-state index contributed by atoms with van der Waals surface area (Å²) in [6, 6.07) is 13.7. The zero-order valence-electron chi connectivity index (χ0n) is 16.1. The number of sulfonamides is 1. The molecular formula is C21H27N3O3S. The van der Waals surface area contributed by atoms with Crippen LogP contribution in [0.15, 0.2) is 53.4 Å². The number of likely N-dealkylation sites (tertiary alicyclic amines) is 1. The number of carbonyl (C=O) groups excluding carboxylic acids is 1. The lowest BCUT2D eigenvalue weighted by molar-refractivity contribution is 0.0949. The average Bonchev–Trinajstić information content (AvgIpc) is 3.21. The third-order valence-corrected chi connectivity index (χ3v) is 6.34. The number of nitrogens with zero attached hydrogens (tertiary/aromatic N) is 1. The maximum absolute atomic E-state index is 12.3. The van der Waals surface area contributed by atoms with Crippen LogP contribution in [0.25, 0.3) is 0 Å². The number of amides is 1. The number of carbonyl (C=O) groups is 1. The second-order valence-corrected chi connectivity index (χ2v) is 8.91. The van der Waals surface area contributed by atoms with Crippen LogP contribution in [0, 0.1) is 6.92 Å². The quantitative estimate of drug-likeness (QED) is 0.711. The van der Waals surface area contributed by atoms with Gasteiger partial charge in [-0.25, -0.2) is 13.1 Å². The van der Waals surface area contributed by atoms with Gasteiger partial charge in [0.25, 0.3) is 5.91 Å². The standard InChI is InChI=1S/C21H27N3O3S/c1-17-4-10-20(11-5-17)28(26,27)23-16-18-6-8-19(9-7-18)21(25)22-12-15-24-13-2-3-14-24/h4-11,23H,2-3,12-16H2,1H3,(H,22,25). The first-order valence-corrected chi connectivity index (χ1v) is 11.1. The molecule has 0 radical (unpaired) electrons. The van der Waals surface area contributed by atoms with Crippen LogP contribution in [0.2, 0.25) is 0 Å². The summed E-state index contributed by atoms with van der Waals surface area (Å²) in [6.07, 6.45) is 2.48. The Hall–Kier alpha value is -2.22. The van der Waals surface area contributed by atoms with Gasteiger partial charge in [-0.3, -0.25) is 4.79 Å². The van der Waals surface area contributed by atoms with Crippen LogP contribution in [-0.2, 0) is 16.6 Å². The second-order valence-electron chi connectivity index (χ2n) is 7.14. The summed E-state index contributed by atoms with van der Waals surface area (Å²) in [5.41, 5.74) is 2.38. The fraction of sp³-hybridized carbons (Fsp3) is 0.381. The van der Waals surface area contributed by atoms with Crippen molar-refractivity contribution < 1.29 is 13.2 Å². The molecule has 0 spiro atoms. The number of hydrogen-bond acceptors (Lipinski definition) is 4. The zero-order valence-corrected chi connectivity index (χ0v) is 17.0. The lowest BCUT2D eigenvalue weighted by Crippen LogP contribution is -2.33. The van der Waals surface area contributed by atoms with Gasteiger partial charge in [-0.15, -0.1) is 0 Å². The molecule has 1 heterocycles. The monoisotopic (exact) mass is 401 g/mol. The van der Waals surface area contributed by atoms with Crippen LogP contribution in [0.3, 0.4) is 0 Å². The van der Waals surface area contributed by atoms with E-state index in [1.165, 1.54) is 12.8 Å². The van der Waals surface area contributed by atoms with E-state index < -0.39 is 10.0 Å². The summed E-state index contributed by atoms with van der Waals surface area (Å²) in [5.74, 6) is -0.106. The largest absolute Gasteiger partial charge is 0.351 e. The molecule has 1 aliphatic heterocycles. The van der Waals surface area contributed by atoms with Crippen LogP contribution in [0.5, 0.6) is 0 Å². The number of benzene rings is 2. The summed E-state index contributed by atoms with van der Waals surface area (Å²) < 4.78 is 27.3. The molecule has 1 saturated heterocycles. The SMILES string of the molecule is Cc1ccc(S(=O)(=O)NCc2ccc(C(=O)NCCN3CCCC3)cc2)cc1. The molecule has 0 unspecified atom stereocenters. The van der Waals surface area contributed by atoms with E-state index in [0.717, 1.165) is 30.8 Å². The second kappa shape index (κ2) is 9.32. The van der Waals surface area contributed by atoms with Gasteiger partial charge in [0.15, 0.2) is 0 Å². The summed E-state index contributed by atoms with van der Waals surface area (Å²) in [5, 5.41) is 2.94. The molecule has 2 aromatic rings. The van der Waals surface area contributed by atoms with Gasteiger partial charge in [-0.05, 0) is 62.7 Å². The normalized spacial score (nSPS) is 14.9. The highest BCUT2D eigenvalue weighted by Crippen LogP contribution is 2.11. The van der Waals surface area contributed by atoms with E-state index in [1.807, 2.05) is 6.92 Å². The molecule has 0 saturated carbocycles. The van der Waals surface area contributed by atoms with Gasteiger partial charge in [-0.2, -0.15) is 0 Å². The fourth-order valence-corrected chi connectivity index (χ4v) is 4.21. The maximum atomic E-state index is 12.3. The molecule has 0 aromatic heterocycles.